The third kappa shape index (κ3) is 3.38. The van der Waals surface area contributed by atoms with Crippen LogP contribution in [0.3, 0.4) is 0 Å². The van der Waals surface area contributed by atoms with Gasteiger partial charge in [-0.3, -0.25) is 4.79 Å². The van der Waals surface area contributed by atoms with Crippen LogP contribution >= 0.6 is 0 Å². The fourth-order valence-corrected chi connectivity index (χ4v) is 2.22. The van der Waals surface area contributed by atoms with Crippen LogP contribution in [0.2, 0.25) is 0 Å². The van der Waals surface area contributed by atoms with E-state index in [0.29, 0.717) is 18.0 Å². The molecule has 1 saturated heterocycles. The standard InChI is InChI=1S/C14H20N2O3/c1-10-13(7-8-18-10)16(2)14(17)9-19-12-5-3-11(15)4-6-12/h3-6,10,13H,7-9,15H2,1-2H3. The van der Waals surface area contributed by atoms with Crippen LogP contribution in [0.1, 0.15) is 13.3 Å². The predicted molar refractivity (Wildman–Crippen MR) is 72.9 cm³/mol. The lowest BCUT2D eigenvalue weighted by molar-refractivity contribution is -0.135. The highest BCUT2D eigenvalue weighted by molar-refractivity contribution is 5.78. The van der Waals surface area contributed by atoms with Crippen LogP contribution < -0.4 is 10.5 Å². The molecule has 5 nitrogen and oxygen atoms in total. The number of nitrogen functional groups attached to an aromatic ring is 1. The molecular weight excluding hydrogens is 244 g/mol. The van der Waals surface area contributed by atoms with E-state index in [-0.39, 0.29) is 24.7 Å². The summed E-state index contributed by atoms with van der Waals surface area (Å²) in [7, 11) is 1.80. The highest BCUT2D eigenvalue weighted by Gasteiger charge is 2.30. The molecule has 0 spiro atoms. The maximum atomic E-state index is 12.0. The summed E-state index contributed by atoms with van der Waals surface area (Å²) in [6.45, 7) is 2.73. The summed E-state index contributed by atoms with van der Waals surface area (Å²) in [4.78, 5) is 13.8. The lowest BCUT2D eigenvalue weighted by atomic mass is 10.1. The molecule has 0 aliphatic carbocycles. The third-order valence-electron chi connectivity index (χ3n) is 3.47. The van der Waals surface area contributed by atoms with Crippen molar-refractivity contribution in [1.82, 2.24) is 4.90 Å². The maximum absolute atomic E-state index is 12.0. The molecule has 1 fully saturated rings. The number of anilines is 1. The Morgan fingerprint density at radius 3 is 2.74 bits per heavy atom. The number of hydrogen-bond acceptors (Lipinski definition) is 4. The van der Waals surface area contributed by atoms with E-state index in [1.54, 1.807) is 36.2 Å². The molecule has 0 aromatic heterocycles. The zero-order valence-electron chi connectivity index (χ0n) is 11.3. The Kier molecular flexibility index (Phi) is 4.27. The summed E-state index contributed by atoms with van der Waals surface area (Å²) < 4.78 is 10.9. The van der Waals surface area contributed by atoms with Crippen molar-refractivity contribution >= 4 is 11.6 Å². The molecular formula is C14H20N2O3. The number of hydrogen-bond donors (Lipinski definition) is 1. The fourth-order valence-electron chi connectivity index (χ4n) is 2.22. The van der Waals surface area contributed by atoms with E-state index in [2.05, 4.69) is 0 Å². The van der Waals surface area contributed by atoms with Crippen molar-refractivity contribution in [1.29, 1.82) is 0 Å². The van der Waals surface area contributed by atoms with Gasteiger partial charge in [-0.05, 0) is 37.6 Å². The van der Waals surface area contributed by atoms with Crippen molar-refractivity contribution in [2.45, 2.75) is 25.5 Å². The molecule has 2 unspecified atom stereocenters. The summed E-state index contributed by atoms with van der Waals surface area (Å²) in [5.74, 6) is 0.603. The van der Waals surface area contributed by atoms with Gasteiger partial charge in [0, 0.05) is 19.3 Å². The normalized spacial score (nSPS) is 22.2. The second-order valence-corrected chi connectivity index (χ2v) is 4.79. The average molecular weight is 264 g/mol. The van der Waals surface area contributed by atoms with Gasteiger partial charge in [0.1, 0.15) is 5.75 Å². The van der Waals surface area contributed by atoms with E-state index >= 15 is 0 Å². The summed E-state index contributed by atoms with van der Waals surface area (Å²) in [5.41, 5.74) is 6.26. The zero-order valence-corrected chi connectivity index (χ0v) is 11.3. The molecule has 19 heavy (non-hydrogen) atoms. The van der Waals surface area contributed by atoms with Crippen LogP contribution in [0.4, 0.5) is 5.69 Å². The van der Waals surface area contributed by atoms with Gasteiger partial charge in [-0.15, -0.1) is 0 Å². The lowest BCUT2D eigenvalue weighted by Gasteiger charge is -2.26. The highest BCUT2D eigenvalue weighted by atomic mass is 16.5. The minimum Gasteiger partial charge on any atom is -0.484 e. The number of carbonyl (C=O) groups excluding carboxylic acids is 1. The van der Waals surface area contributed by atoms with Crippen molar-refractivity contribution in [3.63, 3.8) is 0 Å². The van der Waals surface area contributed by atoms with Crippen molar-refractivity contribution in [3.05, 3.63) is 24.3 Å². The molecule has 0 radical (unpaired) electrons. The number of likely N-dealkylation sites (N-methyl/N-ethyl adjacent to an activating group) is 1. The predicted octanol–water partition coefficient (Wildman–Crippen LogP) is 1.28. The molecule has 1 heterocycles. The molecule has 2 rings (SSSR count). The molecule has 1 aliphatic rings. The quantitative estimate of drug-likeness (QED) is 0.832. The first-order valence-corrected chi connectivity index (χ1v) is 6.43. The summed E-state index contributed by atoms with van der Waals surface area (Å²) >= 11 is 0. The molecule has 5 heteroatoms. The largest absolute Gasteiger partial charge is 0.484 e. The van der Waals surface area contributed by atoms with Crippen LogP contribution in [-0.4, -0.2) is 43.2 Å². The van der Waals surface area contributed by atoms with E-state index < -0.39 is 0 Å². The molecule has 104 valence electrons. The van der Waals surface area contributed by atoms with Crippen LogP contribution in [0, 0.1) is 0 Å². The Labute approximate surface area is 113 Å². The first kappa shape index (κ1) is 13.7. The molecule has 2 N–H and O–H groups in total. The minimum atomic E-state index is -0.0424. The topological polar surface area (TPSA) is 64.8 Å². The Hall–Kier alpha value is -1.75. The second-order valence-electron chi connectivity index (χ2n) is 4.79. The summed E-state index contributed by atoms with van der Waals surface area (Å²) in [6, 6.07) is 7.14. The van der Waals surface area contributed by atoms with E-state index in [9.17, 15) is 4.79 Å². The third-order valence-corrected chi connectivity index (χ3v) is 3.47. The van der Waals surface area contributed by atoms with Crippen molar-refractivity contribution < 1.29 is 14.3 Å². The Bertz CT molecular complexity index is 433. The molecule has 1 aromatic carbocycles. The van der Waals surface area contributed by atoms with Gasteiger partial charge in [0.05, 0.1) is 12.1 Å². The van der Waals surface area contributed by atoms with E-state index in [0.717, 1.165) is 6.42 Å². The number of carbonyl (C=O) groups is 1. The smallest absolute Gasteiger partial charge is 0.260 e. The van der Waals surface area contributed by atoms with Crippen molar-refractivity contribution in [2.75, 3.05) is 26.0 Å². The summed E-state index contributed by atoms with van der Waals surface area (Å²) in [6.07, 6.45) is 0.969. The molecule has 1 amide bonds. The van der Waals surface area contributed by atoms with Crippen LogP contribution in [0.5, 0.6) is 5.75 Å². The zero-order chi connectivity index (χ0) is 13.8. The Morgan fingerprint density at radius 1 is 1.47 bits per heavy atom. The van der Waals surface area contributed by atoms with Gasteiger partial charge in [-0.1, -0.05) is 0 Å². The monoisotopic (exact) mass is 264 g/mol. The molecule has 0 bridgehead atoms. The maximum Gasteiger partial charge on any atom is 0.260 e. The number of ether oxygens (including phenoxy) is 2. The minimum absolute atomic E-state index is 0.0314. The lowest BCUT2D eigenvalue weighted by Crippen LogP contribution is -2.43. The first-order valence-electron chi connectivity index (χ1n) is 6.43. The van der Waals surface area contributed by atoms with Crippen LogP contribution in [0.15, 0.2) is 24.3 Å². The van der Waals surface area contributed by atoms with Crippen LogP contribution in [0.25, 0.3) is 0 Å². The SMILES string of the molecule is CC1OCCC1N(C)C(=O)COc1ccc(N)cc1. The number of nitrogens with zero attached hydrogens (tertiary/aromatic N) is 1. The number of amides is 1. The molecule has 1 aromatic rings. The van der Waals surface area contributed by atoms with Gasteiger partial charge in [0.25, 0.3) is 5.91 Å². The number of nitrogens with two attached hydrogens (primary N) is 1. The fraction of sp³-hybridized carbons (Fsp3) is 0.500. The summed E-state index contributed by atoms with van der Waals surface area (Å²) in [5, 5.41) is 0. The van der Waals surface area contributed by atoms with E-state index in [4.69, 9.17) is 15.2 Å². The Morgan fingerprint density at radius 2 is 2.16 bits per heavy atom. The van der Waals surface area contributed by atoms with Crippen molar-refractivity contribution in [3.8, 4) is 5.75 Å². The van der Waals surface area contributed by atoms with E-state index in [1.165, 1.54) is 0 Å². The van der Waals surface area contributed by atoms with Gasteiger partial charge >= 0.3 is 0 Å². The van der Waals surface area contributed by atoms with Gasteiger partial charge in [-0.2, -0.15) is 0 Å². The van der Waals surface area contributed by atoms with Gasteiger partial charge in [0.2, 0.25) is 0 Å². The Balaban J connectivity index is 1.85. The highest BCUT2D eigenvalue weighted by Crippen LogP contribution is 2.19. The molecule has 1 aliphatic heterocycles. The average Bonchev–Trinajstić information content (AvgIpc) is 2.83. The van der Waals surface area contributed by atoms with E-state index in [1.807, 2.05) is 6.92 Å². The van der Waals surface area contributed by atoms with Crippen molar-refractivity contribution in [2.24, 2.45) is 0 Å². The number of benzene rings is 1. The second kappa shape index (κ2) is 5.93. The van der Waals surface area contributed by atoms with Gasteiger partial charge in [0.15, 0.2) is 6.61 Å². The van der Waals surface area contributed by atoms with Gasteiger partial charge < -0.3 is 20.1 Å². The van der Waals surface area contributed by atoms with Gasteiger partial charge in [-0.25, -0.2) is 0 Å². The molecule has 2 atom stereocenters. The van der Waals surface area contributed by atoms with Crippen LogP contribution in [-0.2, 0) is 9.53 Å². The molecule has 0 saturated carbocycles. The first-order chi connectivity index (χ1) is 9.08. The number of rotatable bonds is 4.